The zero-order chi connectivity index (χ0) is 14.5. The van der Waals surface area contributed by atoms with Crippen LogP contribution in [0.3, 0.4) is 0 Å². The van der Waals surface area contributed by atoms with Crippen molar-refractivity contribution in [2.45, 2.75) is 46.7 Å². The minimum absolute atomic E-state index is 0.164. The van der Waals surface area contributed by atoms with Gasteiger partial charge < -0.3 is 5.32 Å². The minimum Gasteiger partial charge on any atom is -0.307 e. The number of nitrogens with one attached hydrogen (secondary N) is 1. The second-order valence-corrected chi connectivity index (χ2v) is 6.44. The number of aromatic nitrogens is 4. The van der Waals surface area contributed by atoms with E-state index in [1.807, 2.05) is 4.68 Å². The van der Waals surface area contributed by atoms with Crippen molar-refractivity contribution in [1.29, 1.82) is 0 Å². The summed E-state index contributed by atoms with van der Waals surface area (Å²) in [5, 5.41) is 17.8. The molecule has 0 aliphatic heterocycles. The normalized spacial score (nSPS) is 13.1. The highest BCUT2D eigenvalue weighted by molar-refractivity contribution is 7.10. The maximum absolute atomic E-state index is 4.17. The quantitative estimate of drug-likeness (QED) is 0.852. The molecule has 1 N–H and O–H groups in total. The smallest absolute Gasteiger partial charge is 0.168 e. The molecule has 0 bridgehead atoms. The Labute approximate surface area is 124 Å². The van der Waals surface area contributed by atoms with Crippen molar-refractivity contribution in [3.8, 4) is 0 Å². The Kier molecular flexibility index (Phi) is 5.25. The molecule has 0 saturated carbocycles. The van der Waals surface area contributed by atoms with Crippen LogP contribution >= 0.6 is 11.3 Å². The summed E-state index contributed by atoms with van der Waals surface area (Å²) in [5.74, 6) is 1.52. The molecular weight excluding hydrogens is 270 g/mol. The standard InChI is InChI=1S/C14H23N5S/c1-5-12-6-7-20-13(12)9-19-14(16-17-18-19)11(4)15-8-10(2)3/h6-7,10-11,15H,5,8-9H2,1-4H3. The van der Waals surface area contributed by atoms with Crippen molar-refractivity contribution in [2.75, 3.05) is 6.54 Å². The highest BCUT2D eigenvalue weighted by Crippen LogP contribution is 2.19. The molecule has 20 heavy (non-hydrogen) atoms. The zero-order valence-corrected chi connectivity index (χ0v) is 13.4. The van der Waals surface area contributed by atoms with Gasteiger partial charge in [-0.05, 0) is 53.2 Å². The van der Waals surface area contributed by atoms with Gasteiger partial charge in [0.05, 0.1) is 12.6 Å². The summed E-state index contributed by atoms with van der Waals surface area (Å²) in [6.07, 6.45) is 1.05. The molecule has 1 atom stereocenters. The van der Waals surface area contributed by atoms with Crippen LogP contribution in [0.4, 0.5) is 0 Å². The van der Waals surface area contributed by atoms with E-state index >= 15 is 0 Å². The number of rotatable bonds is 7. The van der Waals surface area contributed by atoms with Crippen LogP contribution < -0.4 is 5.32 Å². The van der Waals surface area contributed by atoms with E-state index in [2.05, 4.69) is 60.0 Å². The summed E-state index contributed by atoms with van der Waals surface area (Å²) >= 11 is 1.77. The van der Waals surface area contributed by atoms with Crippen molar-refractivity contribution in [3.63, 3.8) is 0 Å². The molecule has 2 heterocycles. The van der Waals surface area contributed by atoms with Gasteiger partial charge in [-0.1, -0.05) is 20.8 Å². The van der Waals surface area contributed by atoms with Gasteiger partial charge in [0.2, 0.25) is 0 Å². The Morgan fingerprint density at radius 1 is 1.35 bits per heavy atom. The van der Waals surface area contributed by atoms with Gasteiger partial charge in [-0.3, -0.25) is 0 Å². The molecular formula is C14H23N5S. The molecule has 0 aliphatic carbocycles. The summed E-state index contributed by atoms with van der Waals surface area (Å²) in [6.45, 7) is 10.4. The van der Waals surface area contributed by atoms with Gasteiger partial charge in [-0.15, -0.1) is 16.4 Å². The lowest BCUT2D eigenvalue weighted by Crippen LogP contribution is -2.26. The zero-order valence-electron chi connectivity index (χ0n) is 12.6. The lowest BCUT2D eigenvalue weighted by molar-refractivity contribution is 0.462. The fourth-order valence-electron chi connectivity index (χ4n) is 2.09. The van der Waals surface area contributed by atoms with Crippen LogP contribution in [-0.2, 0) is 13.0 Å². The Hall–Kier alpha value is -1.27. The Bertz CT molecular complexity index is 531. The molecule has 0 fully saturated rings. The predicted molar refractivity (Wildman–Crippen MR) is 81.9 cm³/mol. The predicted octanol–water partition coefficient (Wildman–Crippen LogP) is 2.65. The van der Waals surface area contributed by atoms with E-state index in [-0.39, 0.29) is 6.04 Å². The summed E-state index contributed by atoms with van der Waals surface area (Å²) in [7, 11) is 0. The van der Waals surface area contributed by atoms with Crippen LogP contribution in [0.5, 0.6) is 0 Å². The lowest BCUT2D eigenvalue weighted by atomic mass is 10.2. The van der Waals surface area contributed by atoms with E-state index in [1.54, 1.807) is 11.3 Å². The van der Waals surface area contributed by atoms with E-state index in [0.29, 0.717) is 5.92 Å². The maximum Gasteiger partial charge on any atom is 0.168 e. The van der Waals surface area contributed by atoms with Crippen LogP contribution in [0.1, 0.15) is 50.0 Å². The van der Waals surface area contributed by atoms with Gasteiger partial charge >= 0.3 is 0 Å². The number of tetrazole rings is 1. The molecule has 0 amide bonds. The average Bonchev–Trinajstić information content (AvgIpc) is 3.05. The first kappa shape index (κ1) is 15.1. The summed E-state index contributed by atoms with van der Waals surface area (Å²) < 4.78 is 1.91. The van der Waals surface area contributed by atoms with Gasteiger partial charge in [0, 0.05) is 4.88 Å². The number of hydrogen-bond donors (Lipinski definition) is 1. The molecule has 0 saturated heterocycles. The van der Waals surface area contributed by atoms with Crippen LogP contribution in [0, 0.1) is 5.92 Å². The van der Waals surface area contributed by atoms with Gasteiger partial charge in [-0.2, -0.15) is 0 Å². The Morgan fingerprint density at radius 3 is 2.85 bits per heavy atom. The van der Waals surface area contributed by atoms with Gasteiger partial charge in [0.25, 0.3) is 0 Å². The van der Waals surface area contributed by atoms with Crippen LogP contribution in [0.2, 0.25) is 0 Å². The van der Waals surface area contributed by atoms with E-state index in [4.69, 9.17) is 0 Å². The van der Waals surface area contributed by atoms with Crippen molar-refractivity contribution >= 4 is 11.3 Å². The molecule has 2 aromatic rings. The van der Waals surface area contributed by atoms with E-state index < -0.39 is 0 Å². The Morgan fingerprint density at radius 2 is 2.15 bits per heavy atom. The third-order valence-corrected chi connectivity index (χ3v) is 4.24. The molecule has 2 aromatic heterocycles. The highest BCUT2D eigenvalue weighted by Gasteiger charge is 2.15. The van der Waals surface area contributed by atoms with Gasteiger partial charge in [0.15, 0.2) is 5.82 Å². The first-order valence-electron chi connectivity index (χ1n) is 7.16. The van der Waals surface area contributed by atoms with Gasteiger partial charge in [-0.25, -0.2) is 4.68 Å². The molecule has 0 spiro atoms. The van der Waals surface area contributed by atoms with E-state index in [9.17, 15) is 0 Å². The van der Waals surface area contributed by atoms with Crippen LogP contribution in [0.25, 0.3) is 0 Å². The Balaban J connectivity index is 2.08. The summed E-state index contributed by atoms with van der Waals surface area (Å²) in [4.78, 5) is 1.34. The van der Waals surface area contributed by atoms with E-state index in [0.717, 1.165) is 25.3 Å². The fourth-order valence-corrected chi connectivity index (χ4v) is 3.05. The van der Waals surface area contributed by atoms with Crippen molar-refractivity contribution in [1.82, 2.24) is 25.5 Å². The van der Waals surface area contributed by atoms with Crippen molar-refractivity contribution in [2.24, 2.45) is 5.92 Å². The SMILES string of the molecule is CCc1ccsc1Cn1nnnc1C(C)NCC(C)C. The van der Waals surface area contributed by atoms with Gasteiger partial charge in [0.1, 0.15) is 0 Å². The molecule has 0 aliphatic rings. The first-order valence-corrected chi connectivity index (χ1v) is 8.04. The van der Waals surface area contributed by atoms with Crippen molar-refractivity contribution in [3.05, 3.63) is 27.7 Å². The molecule has 1 unspecified atom stereocenters. The third kappa shape index (κ3) is 3.64. The second kappa shape index (κ2) is 6.95. The summed E-state index contributed by atoms with van der Waals surface area (Å²) in [5.41, 5.74) is 1.39. The van der Waals surface area contributed by atoms with Crippen LogP contribution in [0.15, 0.2) is 11.4 Å². The monoisotopic (exact) mass is 293 g/mol. The number of aryl methyl sites for hydroxylation is 1. The molecule has 2 rings (SSSR count). The first-order chi connectivity index (χ1) is 9.61. The number of nitrogens with zero attached hydrogens (tertiary/aromatic N) is 4. The largest absolute Gasteiger partial charge is 0.307 e. The molecule has 110 valence electrons. The second-order valence-electron chi connectivity index (χ2n) is 5.44. The number of hydrogen-bond acceptors (Lipinski definition) is 5. The molecule has 0 radical (unpaired) electrons. The minimum atomic E-state index is 0.164. The molecule has 6 heteroatoms. The highest BCUT2D eigenvalue weighted by atomic mass is 32.1. The average molecular weight is 293 g/mol. The molecule has 5 nitrogen and oxygen atoms in total. The molecule has 0 aromatic carbocycles. The lowest BCUT2D eigenvalue weighted by Gasteiger charge is -2.15. The van der Waals surface area contributed by atoms with Crippen molar-refractivity contribution < 1.29 is 0 Å². The topological polar surface area (TPSA) is 55.6 Å². The van der Waals surface area contributed by atoms with E-state index in [1.165, 1.54) is 10.4 Å². The fraction of sp³-hybridized carbons (Fsp3) is 0.643. The number of thiophene rings is 1. The maximum atomic E-state index is 4.17. The summed E-state index contributed by atoms with van der Waals surface area (Å²) in [6, 6.07) is 2.35. The third-order valence-electron chi connectivity index (χ3n) is 3.29. The van der Waals surface area contributed by atoms with Crippen LogP contribution in [-0.4, -0.2) is 26.8 Å².